The normalized spacial score (nSPS) is 10.1. The standard InChI is InChI=1S/C12H13N5O3/c1-3-13-12-15-7-10(17(18)19)11(16-12)20-9-5-4-8(2)14-6-9/h4-7H,3H2,1-2H3,(H,13,15,16). The largest absolute Gasteiger partial charge is 0.432 e. The second-order valence-corrected chi connectivity index (χ2v) is 3.91. The van der Waals surface area contributed by atoms with Crippen molar-refractivity contribution in [2.75, 3.05) is 11.9 Å². The number of anilines is 1. The molecule has 0 bridgehead atoms. The fourth-order valence-corrected chi connectivity index (χ4v) is 1.43. The minimum absolute atomic E-state index is 0.119. The van der Waals surface area contributed by atoms with E-state index in [4.69, 9.17) is 4.74 Å². The van der Waals surface area contributed by atoms with Crippen LogP contribution in [0.3, 0.4) is 0 Å². The highest BCUT2D eigenvalue weighted by atomic mass is 16.6. The number of nitrogens with zero attached hydrogens (tertiary/aromatic N) is 4. The van der Waals surface area contributed by atoms with Crippen LogP contribution in [0.4, 0.5) is 11.6 Å². The van der Waals surface area contributed by atoms with E-state index in [-0.39, 0.29) is 17.5 Å². The van der Waals surface area contributed by atoms with Gasteiger partial charge in [0.2, 0.25) is 5.95 Å². The Labute approximate surface area is 115 Å². The van der Waals surface area contributed by atoms with Crippen molar-refractivity contribution in [3.8, 4) is 11.6 Å². The molecule has 2 aromatic heterocycles. The van der Waals surface area contributed by atoms with Gasteiger partial charge < -0.3 is 10.1 Å². The summed E-state index contributed by atoms with van der Waals surface area (Å²) in [6, 6.07) is 3.41. The quantitative estimate of drug-likeness (QED) is 0.659. The molecule has 0 amide bonds. The van der Waals surface area contributed by atoms with Crippen molar-refractivity contribution in [3.05, 3.63) is 40.3 Å². The third kappa shape index (κ3) is 3.16. The molecule has 8 heteroatoms. The zero-order valence-corrected chi connectivity index (χ0v) is 11.0. The van der Waals surface area contributed by atoms with Crippen LogP contribution < -0.4 is 10.1 Å². The van der Waals surface area contributed by atoms with Crippen molar-refractivity contribution in [1.82, 2.24) is 15.0 Å². The van der Waals surface area contributed by atoms with E-state index in [1.807, 2.05) is 13.8 Å². The molecule has 1 N–H and O–H groups in total. The Morgan fingerprint density at radius 3 is 2.75 bits per heavy atom. The summed E-state index contributed by atoms with van der Waals surface area (Å²) in [4.78, 5) is 22.2. The van der Waals surface area contributed by atoms with Crippen LogP contribution in [0.15, 0.2) is 24.5 Å². The number of hydrogen-bond donors (Lipinski definition) is 1. The van der Waals surface area contributed by atoms with Gasteiger partial charge in [0.1, 0.15) is 11.9 Å². The summed E-state index contributed by atoms with van der Waals surface area (Å²) >= 11 is 0. The third-order valence-electron chi connectivity index (χ3n) is 2.37. The van der Waals surface area contributed by atoms with Gasteiger partial charge in [-0.3, -0.25) is 15.1 Å². The van der Waals surface area contributed by atoms with Gasteiger partial charge >= 0.3 is 11.6 Å². The van der Waals surface area contributed by atoms with Crippen molar-refractivity contribution in [2.24, 2.45) is 0 Å². The Balaban J connectivity index is 2.34. The number of rotatable bonds is 5. The minimum atomic E-state index is -0.591. The number of aryl methyl sites for hydroxylation is 1. The Morgan fingerprint density at radius 2 is 2.15 bits per heavy atom. The maximum Gasteiger partial charge on any atom is 0.349 e. The Hall–Kier alpha value is -2.77. The monoisotopic (exact) mass is 275 g/mol. The van der Waals surface area contributed by atoms with Crippen LogP contribution in [0.25, 0.3) is 0 Å². The zero-order valence-electron chi connectivity index (χ0n) is 11.0. The lowest BCUT2D eigenvalue weighted by Crippen LogP contribution is -2.05. The SMILES string of the molecule is CCNc1ncc([N+](=O)[O-])c(Oc2ccc(C)nc2)n1. The van der Waals surface area contributed by atoms with E-state index in [1.54, 1.807) is 12.1 Å². The molecule has 0 radical (unpaired) electrons. The van der Waals surface area contributed by atoms with E-state index < -0.39 is 4.92 Å². The Kier molecular flexibility index (Phi) is 4.04. The summed E-state index contributed by atoms with van der Waals surface area (Å²) in [7, 11) is 0. The van der Waals surface area contributed by atoms with Crippen LogP contribution in [-0.4, -0.2) is 26.4 Å². The number of ether oxygens (including phenoxy) is 1. The topological polar surface area (TPSA) is 103 Å². The summed E-state index contributed by atoms with van der Waals surface area (Å²) in [5, 5.41) is 13.8. The fourth-order valence-electron chi connectivity index (χ4n) is 1.43. The summed E-state index contributed by atoms with van der Waals surface area (Å²) < 4.78 is 5.42. The van der Waals surface area contributed by atoms with Crippen LogP contribution in [0, 0.1) is 17.0 Å². The van der Waals surface area contributed by atoms with Crippen molar-refractivity contribution in [1.29, 1.82) is 0 Å². The van der Waals surface area contributed by atoms with E-state index in [9.17, 15) is 10.1 Å². The molecule has 0 saturated heterocycles. The van der Waals surface area contributed by atoms with Gasteiger partial charge in [0.05, 0.1) is 11.1 Å². The molecule has 0 spiro atoms. The molecule has 0 atom stereocenters. The molecule has 0 aliphatic rings. The van der Waals surface area contributed by atoms with Gasteiger partial charge in [-0.05, 0) is 26.0 Å². The number of aromatic nitrogens is 3. The number of nitro groups is 1. The lowest BCUT2D eigenvalue weighted by atomic mass is 10.4. The van der Waals surface area contributed by atoms with Gasteiger partial charge in [0.15, 0.2) is 0 Å². The summed E-state index contributed by atoms with van der Waals surface area (Å²) in [5.74, 6) is 0.527. The van der Waals surface area contributed by atoms with E-state index in [0.717, 1.165) is 11.9 Å². The lowest BCUT2D eigenvalue weighted by molar-refractivity contribution is -0.386. The molecule has 0 unspecified atom stereocenters. The molecule has 20 heavy (non-hydrogen) atoms. The van der Waals surface area contributed by atoms with Gasteiger partial charge in [-0.25, -0.2) is 4.98 Å². The summed E-state index contributed by atoms with van der Waals surface area (Å²) in [6.07, 6.45) is 2.59. The maximum atomic E-state index is 10.9. The molecule has 0 fully saturated rings. The van der Waals surface area contributed by atoms with Crippen molar-refractivity contribution < 1.29 is 9.66 Å². The van der Waals surface area contributed by atoms with Crippen molar-refractivity contribution in [3.63, 3.8) is 0 Å². The smallest absolute Gasteiger partial charge is 0.349 e. The highest BCUT2D eigenvalue weighted by Gasteiger charge is 2.19. The average Bonchev–Trinajstić information content (AvgIpc) is 2.42. The second kappa shape index (κ2) is 5.91. The van der Waals surface area contributed by atoms with Crippen LogP contribution in [0.1, 0.15) is 12.6 Å². The van der Waals surface area contributed by atoms with E-state index >= 15 is 0 Å². The maximum absolute atomic E-state index is 10.9. The molecule has 104 valence electrons. The zero-order chi connectivity index (χ0) is 14.5. The van der Waals surface area contributed by atoms with Crippen LogP contribution in [0.5, 0.6) is 11.6 Å². The molecule has 0 aliphatic carbocycles. The molecule has 8 nitrogen and oxygen atoms in total. The van der Waals surface area contributed by atoms with Gasteiger partial charge in [0, 0.05) is 12.2 Å². The number of hydrogen-bond acceptors (Lipinski definition) is 7. The van der Waals surface area contributed by atoms with Gasteiger partial charge in [-0.2, -0.15) is 4.98 Å². The third-order valence-corrected chi connectivity index (χ3v) is 2.37. The molecule has 2 heterocycles. The lowest BCUT2D eigenvalue weighted by Gasteiger charge is -2.07. The molecule has 2 rings (SSSR count). The van der Waals surface area contributed by atoms with Gasteiger partial charge in [-0.15, -0.1) is 0 Å². The Morgan fingerprint density at radius 1 is 1.35 bits per heavy atom. The first kappa shape index (κ1) is 13.7. The van der Waals surface area contributed by atoms with E-state index in [1.165, 1.54) is 6.20 Å². The van der Waals surface area contributed by atoms with Gasteiger partial charge in [0.25, 0.3) is 0 Å². The highest BCUT2D eigenvalue weighted by Crippen LogP contribution is 2.29. The molecule has 0 saturated carbocycles. The first-order valence-electron chi connectivity index (χ1n) is 5.96. The highest BCUT2D eigenvalue weighted by molar-refractivity contribution is 5.45. The van der Waals surface area contributed by atoms with Crippen LogP contribution >= 0.6 is 0 Å². The predicted molar refractivity (Wildman–Crippen MR) is 71.9 cm³/mol. The second-order valence-electron chi connectivity index (χ2n) is 3.91. The van der Waals surface area contributed by atoms with E-state index in [0.29, 0.717) is 12.3 Å². The summed E-state index contributed by atoms with van der Waals surface area (Å²) in [5.41, 5.74) is 0.523. The predicted octanol–water partition coefficient (Wildman–Crippen LogP) is 2.31. The molecule has 2 aromatic rings. The molecular formula is C12H13N5O3. The van der Waals surface area contributed by atoms with Crippen molar-refractivity contribution >= 4 is 11.6 Å². The first-order chi connectivity index (χ1) is 9.60. The molecule has 0 aliphatic heterocycles. The number of pyridine rings is 1. The number of nitrogens with one attached hydrogen (secondary N) is 1. The summed E-state index contributed by atoms with van der Waals surface area (Å²) in [6.45, 7) is 4.30. The Bertz CT molecular complexity index is 615. The van der Waals surface area contributed by atoms with Gasteiger partial charge in [-0.1, -0.05) is 0 Å². The molecular weight excluding hydrogens is 262 g/mol. The van der Waals surface area contributed by atoms with E-state index in [2.05, 4.69) is 20.3 Å². The first-order valence-corrected chi connectivity index (χ1v) is 5.96. The molecule has 0 aromatic carbocycles. The average molecular weight is 275 g/mol. The van der Waals surface area contributed by atoms with Crippen LogP contribution in [0.2, 0.25) is 0 Å². The van der Waals surface area contributed by atoms with Crippen molar-refractivity contribution in [2.45, 2.75) is 13.8 Å². The minimum Gasteiger partial charge on any atom is -0.432 e. The van der Waals surface area contributed by atoms with Crippen LogP contribution in [-0.2, 0) is 0 Å². The fraction of sp³-hybridized carbons (Fsp3) is 0.250.